The van der Waals surface area contributed by atoms with E-state index in [-0.39, 0.29) is 0 Å². The fourth-order valence-electron chi connectivity index (χ4n) is 1.68. The van der Waals surface area contributed by atoms with Crippen LogP contribution in [0.2, 0.25) is 0 Å². The van der Waals surface area contributed by atoms with Gasteiger partial charge in [-0.3, -0.25) is 4.98 Å². The lowest BCUT2D eigenvalue weighted by Gasteiger charge is -2.18. The van der Waals surface area contributed by atoms with Crippen LogP contribution in [0.25, 0.3) is 0 Å². The van der Waals surface area contributed by atoms with E-state index in [9.17, 15) is 5.11 Å². The first-order valence-corrected chi connectivity index (χ1v) is 6.87. The molecule has 5 heteroatoms. The van der Waals surface area contributed by atoms with Crippen LogP contribution in [-0.4, -0.2) is 22.1 Å². The van der Waals surface area contributed by atoms with Crippen LogP contribution < -0.4 is 4.90 Å². The van der Waals surface area contributed by atoms with Crippen LogP contribution in [0.4, 0.5) is 5.69 Å². The van der Waals surface area contributed by atoms with Crippen LogP contribution in [0, 0.1) is 0 Å². The number of hydrogen-bond donors (Lipinski definition) is 1. The molecule has 0 saturated carbocycles. The van der Waals surface area contributed by atoms with Crippen molar-refractivity contribution in [2.24, 2.45) is 0 Å². The van der Waals surface area contributed by atoms with Crippen LogP contribution in [0.5, 0.6) is 0 Å². The molecule has 0 amide bonds. The average Bonchev–Trinajstić information content (AvgIpc) is 2.91. The number of anilines is 1. The predicted octanol–water partition coefficient (Wildman–Crippen LogP) is 2.62. The van der Waals surface area contributed by atoms with E-state index in [1.807, 2.05) is 37.0 Å². The normalized spacial score (nSPS) is 12.4. The molecule has 96 valence electrons. The Morgan fingerprint density at radius 1 is 1.39 bits per heavy atom. The third kappa shape index (κ3) is 3.05. The molecule has 0 radical (unpaired) electrons. The summed E-state index contributed by atoms with van der Waals surface area (Å²) in [4.78, 5) is 10.6. The second-order valence-electron chi connectivity index (χ2n) is 4.20. The smallest absolute Gasteiger partial charge is 0.0957 e. The zero-order valence-corrected chi connectivity index (χ0v) is 11.4. The molecule has 1 atom stereocenters. The molecule has 0 spiro atoms. The van der Waals surface area contributed by atoms with Gasteiger partial charge in [0.1, 0.15) is 0 Å². The summed E-state index contributed by atoms with van der Waals surface area (Å²) in [6.07, 6.45) is 2.00. The molecule has 2 aromatic rings. The molecule has 0 aliphatic rings. The van der Waals surface area contributed by atoms with Crippen molar-refractivity contribution in [2.75, 3.05) is 11.9 Å². The van der Waals surface area contributed by atoms with Gasteiger partial charge in [0.2, 0.25) is 0 Å². The molecular weight excluding hydrogens is 246 g/mol. The lowest BCUT2D eigenvalue weighted by atomic mass is 10.2. The van der Waals surface area contributed by atoms with E-state index in [1.165, 1.54) is 0 Å². The van der Waals surface area contributed by atoms with E-state index in [0.29, 0.717) is 6.42 Å². The van der Waals surface area contributed by atoms with Crippen LogP contribution in [0.1, 0.15) is 30.8 Å². The highest BCUT2D eigenvalue weighted by molar-refractivity contribution is 7.07. The third-order valence-electron chi connectivity index (χ3n) is 2.82. The average molecular weight is 263 g/mol. The monoisotopic (exact) mass is 263 g/mol. The summed E-state index contributed by atoms with van der Waals surface area (Å²) in [5, 5.41) is 11.7. The number of rotatable bonds is 5. The predicted molar refractivity (Wildman–Crippen MR) is 73.7 cm³/mol. The van der Waals surface area contributed by atoms with Crippen LogP contribution in [-0.2, 0) is 6.54 Å². The summed E-state index contributed by atoms with van der Waals surface area (Å²) in [6.45, 7) is 2.70. The summed E-state index contributed by atoms with van der Waals surface area (Å²) in [5.41, 5.74) is 4.64. The van der Waals surface area contributed by atoms with Gasteiger partial charge in [-0.1, -0.05) is 6.92 Å². The minimum absolute atomic E-state index is 0.470. The fraction of sp³-hybridized carbons (Fsp3) is 0.385. The van der Waals surface area contributed by atoms with Crippen LogP contribution in [0.15, 0.2) is 29.2 Å². The van der Waals surface area contributed by atoms with Gasteiger partial charge in [-0.15, -0.1) is 11.3 Å². The first-order valence-electron chi connectivity index (χ1n) is 5.93. The minimum Gasteiger partial charge on any atom is -0.387 e. The van der Waals surface area contributed by atoms with Crippen LogP contribution >= 0.6 is 11.3 Å². The first kappa shape index (κ1) is 13.0. The van der Waals surface area contributed by atoms with Crippen molar-refractivity contribution in [3.05, 3.63) is 40.6 Å². The largest absolute Gasteiger partial charge is 0.387 e. The van der Waals surface area contributed by atoms with Crippen molar-refractivity contribution < 1.29 is 5.11 Å². The number of thiazole rings is 1. The molecule has 0 aliphatic carbocycles. The molecular formula is C13H17N3OS. The van der Waals surface area contributed by atoms with E-state index < -0.39 is 6.10 Å². The lowest BCUT2D eigenvalue weighted by Crippen LogP contribution is -2.17. The highest BCUT2D eigenvalue weighted by Crippen LogP contribution is 2.18. The number of aromatic nitrogens is 2. The van der Waals surface area contributed by atoms with Crippen molar-refractivity contribution in [2.45, 2.75) is 26.0 Å². The van der Waals surface area contributed by atoms with Gasteiger partial charge in [0, 0.05) is 12.4 Å². The summed E-state index contributed by atoms with van der Waals surface area (Å²) in [5.74, 6) is 0. The second kappa shape index (κ2) is 5.93. The van der Waals surface area contributed by atoms with E-state index in [4.69, 9.17) is 0 Å². The molecule has 0 saturated heterocycles. The van der Waals surface area contributed by atoms with E-state index in [1.54, 1.807) is 17.5 Å². The minimum atomic E-state index is -0.470. The molecule has 0 fully saturated rings. The van der Waals surface area contributed by atoms with Gasteiger partial charge in [0.05, 0.1) is 41.4 Å². The van der Waals surface area contributed by atoms with Gasteiger partial charge in [0.15, 0.2) is 0 Å². The van der Waals surface area contributed by atoms with E-state index >= 15 is 0 Å². The fourth-order valence-corrected chi connectivity index (χ4v) is 2.23. The number of aliphatic hydroxyl groups is 1. The zero-order chi connectivity index (χ0) is 13.0. The first-order chi connectivity index (χ1) is 8.70. The maximum atomic E-state index is 9.68. The van der Waals surface area contributed by atoms with Crippen molar-refractivity contribution in [1.82, 2.24) is 9.97 Å². The summed E-state index contributed by atoms with van der Waals surface area (Å²) in [7, 11) is 2.01. The Hall–Kier alpha value is -1.46. The van der Waals surface area contributed by atoms with Gasteiger partial charge < -0.3 is 10.0 Å². The zero-order valence-electron chi connectivity index (χ0n) is 10.6. The van der Waals surface area contributed by atoms with Crippen molar-refractivity contribution in [3.8, 4) is 0 Å². The number of nitrogens with zero attached hydrogens (tertiary/aromatic N) is 3. The molecule has 0 aromatic carbocycles. The molecule has 0 aliphatic heterocycles. The highest BCUT2D eigenvalue weighted by atomic mass is 32.1. The topological polar surface area (TPSA) is 49.2 Å². The maximum absolute atomic E-state index is 9.68. The molecule has 2 heterocycles. The van der Waals surface area contributed by atoms with Crippen molar-refractivity contribution in [3.63, 3.8) is 0 Å². The summed E-state index contributed by atoms with van der Waals surface area (Å²) in [6, 6.07) is 3.86. The van der Waals surface area contributed by atoms with E-state index in [2.05, 4.69) is 14.9 Å². The summed E-state index contributed by atoms with van der Waals surface area (Å²) < 4.78 is 0. The highest BCUT2D eigenvalue weighted by Gasteiger charge is 2.08. The van der Waals surface area contributed by atoms with Gasteiger partial charge in [0.25, 0.3) is 0 Å². The Morgan fingerprint density at radius 3 is 2.78 bits per heavy atom. The van der Waals surface area contributed by atoms with Gasteiger partial charge in [-0.25, -0.2) is 4.98 Å². The molecule has 1 unspecified atom stereocenters. The quantitative estimate of drug-likeness (QED) is 0.901. The Kier molecular flexibility index (Phi) is 4.28. The molecule has 2 aromatic heterocycles. The summed E-state index contributed by atoms with van der Waals surface area (Å²) >= 11 is 1.60. The number of pyridine rings is 1. The molecule has 1 N–H and O–H groups in total. The number of aliphatic hydroxyl groups excluding tert-OH is 1. The Labute approximate surface area is 111 Å². The second-order valence-corrected chi connectivity index (χ2v) is 4.92. The lowest BCUT2D eigenvalue weighted by molar-refractivity contribution is 0.169. The maximum Gasteiger partial charge on any atom is 0.0957 e. The Bertz CT molecular complexity index is 469. The number of hydrogen-bond acceptors (Lipinski definition) is 5. The van der Waals surface area contributed by atoms with Gasteiger partial charge in [-0.2, -0.15) is 0 Å². The van der Waals surface area contributed by atoms with Gasteiger partial charge >= 0.3 is 0 Å². The Balaban J connectivity index is 2.04. The molecule has 2 rings (SSSR count). The molecule has 4 nitrogen and oxygen atoms in total. The molecule has 0 bridgehead atoms. The third-order valence-corrected chi connectivity index (χ3v) is 3.46. The molecule has 18 heavy (non-hydrogen) atoms. The van der Waals surface area contributed by atoms with Gasteiger partial charge in [-0.05, 0) is 18.6 Å². The SMILES string of the molecule is CCC(O)c1ccc(N(C)Cc2cscn2)cn1. The van der Waals surface area contributed by atoms with Crippen molar-refractivity contribution in [1.29, 1.82) is 0 Å². The van der Waals surface area contributed by atoms with Crippen molar-refractivity contribution >= 4 is 17.0 Å². The standard InChI is InChI=1S/C13H17N3OS/c1-3-13(17)12-5-4-11(6-14-12)16(2)7-10-8-18-9-15-10/h4-6,8-9,13,17H,3,7H2,1-2H3. The Morgan fingerprint density at radius 2 is 2.22 bits per heavy atom. The van der Waals surface area contributed by atoms with E-state index in [0.717, 1.165) is 23.6 Å². The van der Waals surface area contributed by atoms with Crippen LogP contribution in [0.3, 0.4) is 0 Å².